The summed E-state index contributed by atoms with van der Waals surface area (Å²) >= 11 is 3.66. The Bertz CT molecular complexity index is 3940. The summed E-state index contributed by atoms with van der Waals surface area (Å²) < 4.78 is 5.07. The highest BCUT2D eigenvalue weighted by Crippen LogP contribution is 2.43. The van der Waals surface area contributed by atoms with Crippen molar-refractivity contribution < 1.29 is 0 Å². The minimum Gasteiger partial charge on any atom is -0.208 e. The normalized spacial score (nSPS) is 11.9. The maximum absolute atomic E-state index is 5.19. The molecule has 62 heavy (non-hydrogen) atoms. The molecule has 288 valence electrons. The van der Waals surface area contributed by atoms with E-state index in [0.29, 0.717) is 17.5 Å². The van der Waals surface area contributed by atoms with Crippen molar-refractivity contribution in [1.82, 2.24) is 15.0 Å². The zero-order valence-electron chi connectivity index (χ0n) is 33.2. The number of hydrogen-bond donors (Lipinski definition) is 0. The van der Waals surface area contributed by atoms with Crippen LogP contribution in [0.3, 0.4) is 0 Å². The SMILES string of the molecule is c1ccc(-c2nc(-c3cccc(-c4cccc5sc6ccc(-c7ccc8ccc9c%10ccccc%10ccc9c8c7)cc6c45)c3)nc(-c3ccc4sc5ccccc5c4c3)n2)cc1. The van der Waals surface area contributed by atoms with E-state index >= 15 is 0 Å². The summed E-state index contributed by atoms with van der Waals surface area (Å²) in [6, 6.07) is 72.3. The molecular formula is C57H33N3S2. The highest BCUT2D eigenvalue weighted by Gasteiger charge is 2.17. The number of rotatable bonds is 5. The van der Waals surface area contributed by atoms with Gasteiger partial charge in [0.15, 0.2) is 17.5 Å². The molecule has 0 unspecified atom stereocenters. The van der Waals surface area contributed by atoms with E-state index < -0.39 is 0 Å². The topological polar surface area (TPSA) is 38.7 Å². The Labute approximate surface area is 364 Å². The Morgan fingerprint density at radius 1 is 0.258 bits per heavy atom. The molecule has 0 saturated carbocycles. The van der Waals surface area contributed by atoms with Crippen LogP contribution in [0.5, 0.6) is 0 Å². The molecule has 0 aliphatic rings. The molecule has 0 aliphatic heterocycles. The fourth-order valence-electron chi connectivity index (χ4n) is 9.29. The van der Waals surface area contributed by atoms with Gasteiger partial charge in [0.1, 0.15) is 0 Å². The monoisotopic (exact) mass is 823 g/mol. The lowest BCUT2D eigenvalue weighted by Gasteiger charge is -2.11. The van der Waals surface area contributed by atoms with E-state index in [1.54, 1.807) is 0 Å². The van der Waals surface area contributed by atoms with E-state index in [9.17, 15) is 0 Å². The van der Waals surface area contributed by atoms with E-state index in [1.807, 2.05) is 40.9 Å². The van der Waals surface area contributed by atoms with Crippen LogP contribution < -0.4 is 0 Å². The molecule has 3 nitrogen and oxygen atoms in total. The maximum Gasteiger partial charge on any atom is 0.164 e. The molecule has 0 aliphatic carbocycles. The van der Waals surface area contributed by atoms with E-state index in [1.165, 1.54) is 89.4 Å². The second kappa shape index (κ2) is 14.0. The molecule has 5 heteroatoms. The van der Waals surface area contributed by atoms with Crippen molar-refractivity contribution in [2.45, 2.75) is 0 Å². The number of fused-ring (bicyclic) bond motifs is 11. The number of hydrogen-bond acceptors (Lipinski definition) is 5. The lowest BCUT2D eigenvalue weighted by atomic mass is 9.93. The summed E-state index contributed by atoms with van der Waals surface area (Å²) in [4.78, 5) is 15.4. The van der Waals surface area contributed by atoms with E-state index in [2.05, 4.69) is 182 Å². The highest BCUT2D eigenvalue weighted by atomic mass is 32.1. The van der Waals surface area contributed by atoms with Crippen molar-refractivity contribution >= 4 is 95.3 Å². The second-order valence-electron chi connectivity index (χ2n) is 15.9. The number of benzene rings is 10. The van der Waals surface area contributed by atoms with Gasteiger partial charge in [-0.15, -0.1) is 22.7 Å². The molecule has 13 aromatic rings. The van der Waals surface area contributed by atoms with Crippen LogP contribution in [0, 0.1) is 0 Å². The Balaban J connectivity index is 0.937. The fraction of sp³-hybridized carbons (Fsp3) is 0. The van der Waals surface area contributed by atoms with Gasteiger partial charge >= 0.3 is 0 Å². The summed E-state index contributed by atoms with van der Waals surface area (Å²) in [6.45, 7) is 0. The minimum absolute atomic E-state index is 0.646. The van der Waals surface area contributed by atoms with Gasteiger partial charge in [0.25, 0.3) is 0 Å². The van der Waals surface area contributed by atoms with Gasteiger partial charge in [-0.05, 0) is 109 Å². The zero-order valence-corrected chi connectivity index (χ0v) is 34.8. The standard InChI is InChI=1S/C57H33N3S2/c1-2-11-36(12-3-1)55-58-56(60-57(59-55)41-25-29-51-48(33-41)46-16-6-7-18-50(46)61-51)40-14-8-13-39(30-40)43-17-9-19-53-54(43)49-32-38(24-28-52(49)62-53)37-21-20-35-23-26-44-42-15-5-4-10-34(42)22-27-45(44)47(35)31-37/h1-33H. The van der Waals surface area contributed by atoms with Crippen LogP contribution in [0.15, 0.2) is 200 Å². The molecule has 0 spiro atoms. The molecule has 0 fully saturated rings. The molecule has 0 N–H and O–H groups in total. The summed E-state index contributed by atoms with van der Waals surface area (Å²) in [6.07, 6.45) is 0. The van der Waals surface area contributed by atoms with E-state index in [4.69, 9.17) is 15.0 Å². The molecular weight excluding hydrogens is 791 g/mol. The quantitative estimate of drug-likeness (QED) is 0.162. The van der Waals surface area contributed by atoms with Gasteiger partial charge in [-0.2, -0.15) is 0 Å². The summed E-state index contributed by atoms with van der Waals surface area (Å²) in [5.74, 6) is 1.96. The third-order valence-electron chi connectivity index (χ3n) is 12.3. The lowest BCUT2D eigenvalue weighted by Crippen LogP contribution is -2.00. The maximum atomic E-state index is 5.19. The van der Waals surface area contributed by atoms with E-state index in [0.717, 1.165) is 22.3 Å². The average molecular weight is 824 g/mol. The first kappa shape index (κ1) is 35.2. The van der Waals surface area contributed by atoms with Crippen molar-refractivity contribution in [3.05, 3.63) is 200 Å². The number of aromatic nitrogens is 3. The number of thiophene rings is 2. The van der Waals surface area contributed by atoms with Crippen LogP contribution in [0.4, 0.5) is 0 Å². The van der Waals surface area contributed by atoms with Crippen LogP contribution in [0.25, 0.3) is 129 Å². The smallest absolute Gasteiger partial charge is 0.164 e. The third-order valence-corrected chi connectivity index (χ3v) is 14.6. The molecule has 0 saturated heterocycles. The van der Waals surface area contributed by atoms with Gasteiger partial charge in [0, 0.05) is 57.0 Å². The van der Waals surface area contributed by atoms with Crippen LogP contribution in [-0.4, -0.2) is 15.0 Å². The molecule has 3 aromatic heterocycles. The summed E-state index contributed by atoms with van der Waals surface area (Å²) in [5, 5.41) is 12.6. The fourth-order valence-corrected chi connectivity index (χ4v) is 11.5. The predicted octanol–water partition coefficient (Wildman–Crippen LogP) is 16.4. The van der Waals surface area contributed by atoms with E-state index in [-0.39, 0.29) is 0 Å². The predicted molar refractivity (Wildman–Crippen MR) is 265 cm³/mol. The molecule has 10 aromatic carbocycles. The minimum atomic E-state index is 0.646. The Morgan fingerprint density at radius 2 is 0.774 bits per heavy atom. The Morgan fingerprint density at radius 3 is 1.61 bits per heavy atom. The lowest BCUT2D eigenvalue weighted by molar-refractivity contribution is 1.07. The Kier molecular flexibility index (Phi) is 7.95. The van der Waals surface area contributed by atoms with Crippen molar-refractivity contribution in [2.24, 2.45) is 0 Å². The molecule has 3 heterocycles. The van der Waals surface area contributed by atoms with Gasteiger partial charge in [0.05, 0.1) is 0 Å². The van der Waals surface area contributed by atoms with Gasteiger partial charge in [-0.3, -0.25) is 0 Å². The Hall–Kier alpha value is -7.57. The van der Waals surface area contributed by atoms with Crippen LogP contribution in [0.1, 0.15) is 0 Å². The van der Waals surface area contributed by atoms with Crippen molar-refractivity contribution in [1.29, 1.82) is 0 Å². The molecule has 13 rings (SSSR count). The number of nitrogens with zero attached hydrogens (tertiary/aromatic N) is 3. The van der Waals surface area contributed by atoms with Gasteiger partial charge in [-0.25, -0.2) is 15.0 Å². The highest BCUT2D eigenvalue weighted by molar-refractivity contribution is 7.26. The molecule has 0 radical (unpaired) electrons. The first-order valence-corrected chi connectivity index (χ1v) is 22.5. The third kappa shape index (κ3) is 5.74. The van der Waals surface area contributed by atoms with Crippen molar-refractivity contribution in [3.63, 3.8) is 0 Å². The zero-order chi connectivity index (χ0) is 40.7. The molecule has 0 atom stereocenters. The van der Waals surface area contributed by atoms with Gasteiger partial charge in [-0.1, -0.05) is 146 Å². The van der Waals surface area contributed by atoms with Crippen molar-refractivity contribution in [3.8, 4) is 56.4 Å². The van der Waals surface area contributed by atoms with Crippen LogP contribution >= 0.6 is 22.7 Å². The van der Waals surface area contributed by atoms with Crippen LogP contribution in [-0.2, 0) is 0 Å². The molecule has 0 bridgehead atoms. The summed E-state index contributed by atoms with van der Waals surface area (Å²) in [7, 11) is 0. The van der Waals surface area contributed by atoms with Gasteiger partial charge in [0.2, 0.25) is 0 Å². The largest absolute Gasteiger partial charge is 0.208 e. The van der Waals surface area contributed by atoms with Crippen molar-refractivity contribution in [2.75, 3.05) is 0 Å². The molecule has 0 amide bonds. The summed E-state index contributed by atoms with van der Waals surface area (Å²) in [5.41, 5.74) is 7.60. The average Bonchev–Trinajstić information content (AvgIpc) is 3.91. The second-order valence-corrected chi connectivity index (χ2v) is 18.1. The first-order valence-electron chi connectivity index (χ1n) is 20.8. The van der Waals surface area contributed by atoms with Gasteiger partial charge < -0.3 is 0 Å². The first-order chi connectivity index (χ1) is 30.7. The van der Waals surface area contributed by atoms with Crippen LogP contribution in [0.2, 0.25) is 0 Å².